The summed E-state index contributed by atoms with van der Waals surface area (Å²) in [6, 6.07) is 0.741. The fourth-order valence-electron chi connectivity index (χ4n) is 2.43. The fraction of sp³-hybridized carbons (Fsp3) is 0.562. The molecule has 1 aromatic heterocycles. The van der Waals surface area contributed by atoms with E-state index in [4.69, 9.17) is 19.9 Å². The number of anilines is 1. The van der Waals surface area contributed by atoms with Crippen LogP contribution in [0.1, 0.15) is 33.6 Å². The lowest BCUT2D eigenvalue weighted by atomic mass is 10.2. The lowest BCUT2D eigenvalue weighted by molar-refractivity contribution is -0.139. The largest absolute Gasteiger partial charge is 0.479 e. The summed E-state index contributed by atoms with van der Waals surface area (Å²) in [4.78, 5) is 30.2. The van der Waals surface area contributed by atoms with Crippen LogP contribution in [0.5, 0.6) is 11.6 Å². The minimum Gasteiger partial charge on any atom is -0.479 e. The van der Waals surface area contributed by atoms with Crippen molar-refractivity contribution in [2.75, 3.05) is 19.4 Å². The zero-order valence-electron chi connectivity index (χ0n) is 14.7. The van der Waals surface area contributed by atoms with E-state index in [1.54, 1.807) is 20.8 Å². The Hall–Kier alpha value is -2.03. The number of nitrogen functional groups attached to an aromatic ring is 1. The molecule has 25 heavy (non-hydrogen) atoms. The third-order valence-corrected chi connectivity index (χ3v) is 4.06. The van der Waals surface area contributed by atoms with Crippen LogP contribution in [0.2, 0.25) is 0 Å². The highest BCUT2D eigenvalue weighted by Crippen LogP contribution is 2.32. The van der Waals surface area contributed by atoms with Gasteiger partial charge >= 0.3 is 12.1 Å². The van der Waals surface area contributed by atoms with Gasteiger partial charge in [-0.3, -0.25) is 4.90 Å². The van der Waals surface area contributed by atoms with Gasteiger partial charge < -0.3 is 19.9 Å². The SMILES string of the molecule is COc1nc(Br)c(OC(=O)[C@H]2CCCN2C(=O)OC(C)(C)C)cc1N. The quantitative estimate of drug-likeness (QED) is 0.597. The molecular weight excluding hydrogens is 394 g/mol. The Balaban J connectivity index is 2.12. The van der Waals surface area contributed by atoms with Crippen molar-refractivity contribution in [3.05, 3.63) is 10.7 Å². The smallest absolute Gasteiger partial charge is 0.411 e. The molecule has 1 amide bonds. The monoisotopic (exact) mass is 415 g/mol. The molecule has 0 spiro atoms. The first kappa shape index (κ1) is 19.3. The number of nitrogens with zero attached hydrogens (tertiary/aromatic N) is 2. The van der Waals surface area contributed by atoms with E-state index in [0.717, 1.165) is 0 Å². The van der Waals surface area contributed by atoms with Gasteiger partial charge in [-0.25, -0.2) is 14.6 Å². The van der Waals surface area contributed by atoms with Crippen molar-refractivity contribution in [3.8, 4) is 11.6 Å². The second kappa shape index (κ2) is 7.47. The topological polar surface area (TPSA) is 104 Å². The highest BCUT2D eigenvalue weighted by atomic mass is 79.9. The van der Waals surface area contributed by atoms with Gasteiger partial charge in [0.05, 0.1) is 12.8 Å². The van der Waals surface area contributed by atoms with Crippen LogP contribution >= 0.6 is 15.9 Å². The maximum Gasteiger partial charge on any atom is 0.411 e. The average Bonchev–Trinajstić information content (AvgIpc) is 2.98. The van der Waals surface area contributed by atoms with E-state index in [-0.39, 0.29) is 21.9 Å². The predicted octanol–water partition coefficient (Wildman–Crippen LogP) is 2.74. The molecule has 1 aromatic rings. The first-order valence-corrected chi connectivity index (χ1v) is 8.63. The minimum absolute atomic E-state index is 0.166. The molecule has 0 aromatic carbocycles. The number of likely N-dealkylation sites (tertiary alicyclic amines) is 1. The number of hydrogen-bond acceptors (Lipinski definition) is 7. The summed E-state index contributed by atoms with van der Waals surface area (Å²) in [7, 11) is 1.44. The summed E-state index contributed by atoms with van der Waals surface area (Å²) in [6.45, 7) is 5.77. The number of amides is 1. The number of halogens is 1. The summed E-state index contributed by atoms with van der Waals surface area (Å²) in [6.07, 6.45) is 0.677. The van der Waals surface area contributed by atoms with E-state index in [9.17, 15) is 9.59 Å². The van der Waals surface area contributed by atoms with Gasteiger partial charge in [0.15, 0.2) is 10.4 Å². The first-order valence-electron chi connectivity index (χ1n) is 7.83. The lowest BCUT2D eigenvalue weighted by Crippen LogP contribution is -2.44. The molecule has 138 valence electrons. The number of rotatable bonds is 3. The summed E-state index contributed by atoms with van der Waals surface area (Å²) in [5.74, 6) is -0.169. The second-order valence-electron chi connectivity index (χ2n) is 6.63. The Kier molecular flexibility index (Phi) is 5.76. The molecule has 2 heterocycles. The number of esters is 1. The molecule has 1 aliphatic heterocycles. The fourth-order valence-corrected chi connectivity index (χ4v) is 2.79. The van der Waals surface area contributed by atoms with E-state index in [1.807, 2.05) is 0 Å². The van der Waals surface area contributed by atoms with Gasteiger partial charge in [-0.15, -0.1) is 0 Å². The van der Waals surface area contributed by atoms with Crippen LogP contribution in [0.3, 0.4) is 0 Å². The van der Waals surface area contributed by atoms with Crippen LogP contribution in [0.25, 0.3) is 0 Å². The Morgan fingerprint density at radius 2 is 2.08 bits per heavy atom. The highest BCUT2D eigenvalue weighted by molar-refractivity contribution is 9.10. The van der Waals surface area contributed by atoms with Crippen molar-refractivity contribution < 1.29 is 23.8 Å². The molecule has 0 bridgehead atoms. The molecule has 0 aliphatic carbocycles. The van der Waals surface area contributed by atoms with Crippen LogP contribution < -0.4 is 15.2 Å². The molecule has 2 rings (SSSR count). The van der Waals surface area contributed by atoms with E-state index >= 15 is 0 Å². The van der Waals surface area contributed by atoms with E-state index in [2.05, 4.69) is 20.9 Å². The van der Waals surface area contributed by atoms with Crippen LogP contribution in [-0.2, 0) is 9.53 Å². The van der Waals surface area contributed by atoms with E-state index in [1.165, 1.54) is 18.1 Å². The normalized spacial score (nSPS) is 17.3. The molecule has 1 aliphatic rings. The third kappa shape index (κ3) is 4.75. The van der Waals surface area contributed by atoms with Gasteiger partial charge in [0.25, 0.3) is 0 Å². The summed E-state index contributed by atoms with van der Waals surface area (Å²) >= 11 is 3.21. The zero-order chi connectivity index (χ0) is 18.8. The van der Waals surface area contributed by atoms with Gasteiger partial charge in [-0.2, -0.15) is 0 Å². The zero-order valence-corrected chi connectivity index (χ0v) is 16.3. The number of hydrogen-bond donors (Lipinski definition) is 1. The molecule has 0 unspecified atom stereocenters. The molecule has 8 nitrogen and oxygen atoms in total. The molecule has 0 saturated carbocycles. The molecule has 1 fully saturated rings. The maximum absolute atomic E-state index is 12.5. The molecule has 2 N–H and O–H groups in total. The van der Waals surface area contributed by atoms with Crippen LogP contribution in [0.4, 0.5) is 10.5 Å². The standard InChI is InChI=1S/C16H22BrN3O5/c1-16(2,3)25-15(22)20-7-5-6-10(20)14(21)24-11-8-9(18)13(23-4)19-12(11)17/h8,10H,5-7,18H2,1-4H3/t10-/m1/s1. The van der Waals surface area contributed by atoms with Gasteiger partial charge in [-0.05, 0) is 49.5 Å². The Morgan fingerprint density at radius 1 is 1.40 bits per heavy atom. The number of ether oxygens (including phenoxy) is 3. The molecule has 9 heteroatoms. The summed E-state index contributed by atoms with van der Waals surface area (Å²) < 4.78 is 16.0. The van der Waals surface area contributed by atoms with Crippen LogP contribution in [0, 0.1) is 0 Å². The maximum atomic E-state index is 12.5. The number of methoxy groups -OCH3 is 1. The van der Waals surface area contributed by atoms with Crippen molar-refractivity contribution in [1.82, 2.24) is 9.88 Å². The number of nitrogens with two attached hydrogens (primary N) is 1. The van der Waals surface area contributed by atoms with Crippen LogP contribution in [-0.4, -0.2) is 47.2 Å². The first-order chi connectivity index (χ1) is 11.6. The van der Waals surface area contributed by atoms with E-state index in [0.29, 0.717) is 19.4 Å². The Labute approximate surface area is 154 Å². The van der Waals surface area contributed by atoms with Gasteiger partial charge in [0.1, 0.15) is 11.6 Å². The van der Waals surface area contributed by atoms with Crippen molar-refractivity contribution in [3.63, 3.8) is 0 Å². The van der Waals surface area contributed by atoms with Crippen LogP contribution in [0.15, 0.2) is 10.7 Å². The molecule has 1 atom stereocenters. The van der Waals surface area contributed by atoms with Gasteiger partial charge in [0.2, 0.25) is 5.88 Å². The third-order valence-electron chi connectivity index (χ3n) is 3.49. The number of carbonyl (C=O) groups excluding carboxylic acids is 2. The van der Waals surface area contributed by atoms with Crippen molar-refractivity contribution >= 4 is 33.7 Å². The van der Waals surface area contributed by atoms with Gasteiger partial charge in [-0.1, -0.05) is 0 Å². The van der Waals surface area contributed by atoms with Crippen molar-refractivity contribution in [1.29, 1.82) is 0 Å². The highest BCUT2D eigenvalue weighted by Gasteiger charge is 2.38. The molecular formula is C16H22BrN3O5. The number of carbonyl (C=O) groups is 2. The number of aromatic nitrogens is 1. The second-order valence-corrected chi connectivity index (χ2v) is 7.38. The van der Waals surface area contributed by atoms with Gasteiger partial charge in [0, 0.05) is 12.6 Å². The average molecular weight is 416 g/mol. The summed E-state index contributed by atoms with van der Waals surface area (Å²) in [5.41, 5.74) is 5.40. The van der Waals surface area contributed by atoms with Crippen molar-refractivity contribution in [2.24, 2.45) is 0 Å². The number of pyridine rings is 1. The summed E-state index contributed by atoms with van der Waals surface area (Å²) in [5, 5.41) is 0. The lowest BCUT2D eigenvalue weighted by Gasteiger charge is -2.27. The molecule has 0 radical (unpaired) electrons. The Morgan fingerprint density at radius 3 is 2.68 bits per heavy atom. The minimum atomic E-state index is -0.704. The van der Waals surface area contributed by atoms with E-state index < -0.39 is 23.7 Å². The predicted molar refractivity (Wildman–Crippen MR) is 94.5 cm³/mol. The Bertz CT molecular complexity index is 674. The van der Waals surface area contributed by atoms with Crippen molar-refractivity contribution in [2.45, 2.75) is 45.3 Å². The molecule has 1 saturated heterocycles.